The summed E-state index contributed by atoms with van der Waals surface area (Å²) in [7, 11) is 0. The van der Waals surface area contributed by atoms with Crippen molar-refractivity contribution >= 4 is 0 Å². The molecule has 1 rings (SSSR count). The van der Waals surface area contributed by atoms with Gasteiger partial charge in [0, 0.05) is 0 Å². The number of hydrogen-bond acceptors (Lipinski definition) is 3. The standard InChI is InChI=1S/C5H3F2N3O/c6-5(7)11-4-2-9-10-3(4)1-8/h2,5H,(H,9,10). The molecule has 0 bridgehead atoms. The van der Waals surface area contributed by atoms with Crippen molar-refractivity contribution in [1.29, 1.82) is 5.26 Å². The van der Waals surface area contributed by atoms with Crippen molar-refractivity contribution in [1.82, 2.24) is 10.2 Å². The first-order valence-corrected chi connectivity index (χ1v) is 2.62. The number of ether oxygens (including phenoxy) is 1. The molecule has 0 amide bonds. The van der Waals surface area contributed by atoms with Crippen LogP contribution in [0, 0.1) is 11.3 Å². The average molecular weight is 159 g/mol. The van der Waals surface area contributed by atoms with Crippen molar-refractivity contribution in [2.24, 2.45) is 0 Å². The van der Waals surface area contributed by atoms with Gasteiger partial charge in [0.2, 0.25) is 0 Å². The number of aromatic nitrogens is 2. The van der Waals surface area contributed by atoms with Gasteiger partial charge in [-0.3, -0.25) is 5.10 Å². The summed E-state index contributed by atoms with van der Waals surface area (Å²) in [5.74, 6) is -0.234. The van der Waals surface area contributed by atoms with Crippen molar-refractivity contribution in [3.05, 3.63) is 11.9 Å². The number of nitrogens with one attached hydrogen (secondary N) is 1. The molecular formula is C5H3F2N3O. The molecule has 0 saturated heterocycles. The molecule has 6 heteroatoms. The van der Waals surface area contributed by atoms with Crippen LogP contribution >= 0.6 is 0 Å². The van der Waals surface area contributed by atoms with E-state index < -0.39 is 6.61 Å². The largest absolute Gasteiger partial charge is 0.430 e. The second-order valence-electron chi connectivity index (χ2n) is 1.60. The van der Waals surface area contributed by atoms with E-state index in [9.17, 15) is 8.78 Å². The minimum absolute atomic E-state index is 0.106. The second-order valence-corrected chi connectivity index (χ2v) is 1.60. The molecule has 0 saturated carbocycles. The highest BCUT2D eigenvalue weighted by Crippen LogP contribution is 2.15. The van der Waals surface area contributed by atoms with Gasteiger partial charge in [-0.2, -0.15) is 19.1 Å². The molecule has 1 heterocycles. The van der Waals surface area contributed by atoms with Crippen LogP contribution in [0.1, 0.15) is 5.69 Å². The zero-order valence-corrected chi connectivity index (χ0v) is 5.21. The van der Waals surface area contributed by atoms with Gasteiger partial charge in [0.15, 0.2) is 11.4 Å². The molecule has 1 N–H and O–H groups in total. The molecule has 1 aromatic heterocycles. The Morgan fingerprint density at radius 1 is 1.73 bits per heavy atom. The Hall–Kier alpha value is -1.64. The Morgan fingerprint density at radius 3 is 3.00 bits per heavy atom. The Labute approximate surface area is 60.4 Å². The third-order valence-corrected chi connectivity index (χ3v) is 0.932. The number of halogens is 2. The zero-order valence-electron chi connectivity index (χ0n) is 5.21. The molecule has 0 spiro atoms. The predicted molar refractivity (Wildman–Crippen MR) is 29.9 cm³/mol. The molecule has 0 atom stereocenters. The average Bonchev–Trinajstić information content (AvgIpc) is 2.34. The number of alkyl halides is 2. The number of H-pyrrole nitrogens is 1. The van der Waals surface area contributed by atoms with E-state index in [0.29, 0.717) is 0 Å². The molecule has 0 aliphatic rings. The quantitative estimate of drug-likeness (QED) is 0.696. The molecule has 0 fully saturated rings. The van der Waals surface area contributed by atoms with Gasteiger partial charge in [-0.15, -0.1) is 0 Å². The minimum Gasteiger partial charge on any atom is -0.430 e. The van der Waals surface area contributed by atoms with Gasteiger partial charge in [-0.1, -0.05) is 0 Å². The molecule has 0 radical (unpaired) electrons. The van der Waals surface area contributed by atoms with E-state index in [4.69, 9.17) is 5.26 Å². The van der Waals surface area contributed by atoms with Crippen molar-refractivity contribution in [3.63, 3.8) is 0 Å². The van der Waals surface area contributed by atoms with E-state index in [1.165, 1.54) is 0 Å². The summed E-state index contributed by atoms with van der Waals surface area (Å²) in [4.78, 5) is 0. The van der Waals surface area contributed by atoms with Crippen molar-refractivity contribution < 1.29 is 13.5 Å². The number of hydrogen-bond donors (Lipinski definition) is 1. The predicted octanol–water partition coefficient (Wildman–Crippen LogP) is 0.883. The first-order valence-electron chi connectivity index (χ1n) is 2.62. The fourth-order valence-corrected chi connectivity index (χ4v) is 0.541. The van der Waals surface area contributed by atoms with Crippen LogP contribution in [-0.2, 0) is 0 Å². The normalized spacial score (nSPS) is 9.64. The van der Waals surface area contributed by atoms with Gasteiger partial charge in [0.1, 0.15) is 6.07 Å². The zero-order chi connectivity index (χ0) is 8.27. The third-order valence-electron chi connectivity index (χ3n) is 0.932. The molecule has 0 aliphatic carbocycles. The van der Waals surface area contributed by atoms with Gasteiger partial charge < -0.3 is 4.74 Å². The van der Waals surface area contributed by atoms with E-state index in [1.807, 2.05) is 0 Å². The second kappa shape index (κ2) is 2.96. The highest BCUT2D eigenvalue weighted by Gasteiger charge is 2.10. The number of nitriles is 1. The van der Waals surface area contributed by atoms with Gasteiger partial charge in [0.05, 0.1) is 6.20 Å². The van der Waals surface area contributed by atoms with Gasteiger partial charge in [-0.25, -0.2) is 0 Å². The highest BCUT2D eigenvalue weighted by atomic mass is 19.3. The van der Waals surface area contributed by atoms with E-state index in [1.54, 1.807) is 6.07 Å². The molecule has 0 unspecified atom stereocenters. The monoisotopic (exact) mass is 159 g/mol. The summed E-state index contributed by atoms with van der Waals surface area (Å²) in [6, 6.07) is 1.60. The third kappa shape index (κ3) is 1.64. The van der Waals surface area contributed by atoms with Crippen LogP contribution in [0.25, 0.3) is 0 Å². The van der Waals surface area contributed by atoms with Crippen LogP contribution in [0.3, 0.4) is 0 Å². The fourth-order valence-electron chi connectivity index (χ4n) is 0.541. The number of nitrogens with zero attached hydrogens (tertiary/aromatic N) is 2. The Bertz CT molecular complexity index is 278. The topological polar surface area (TPSA) is 61.7 Å². The van der Waals surface area contributed by atoms with E-state index in [2.05, 4.69) is 14.9 Å². The first-order chi connectivity index (χ1) is 5.24. The number of aromatic amines is 1. The van der Waals surface area contributed by atoms with Gasteiger partial charge in [0.25, 0.3) is 0 Å². The molecule has 0 aromatic carbocycles. The van der Waals surface area contributed by atoms with Crippen LogP contribution in [0.4, 0.5) is 8.78 Å². The minimum atomic E-state index is -2.93. The van der Waals surface area contributed by atoms with Crippen molar-refractivity contribution in [2.75, 3.05) is 0 Å². The summed E-state index contributed by atoms with van der Waals surface area (Å²) in [5.41, 5.74) is -0.106. The maximum Gasteiger partial charge on any atom is 0.387 e. The first kappa shape index (κ1) is 7.47. The highest BCUT2D eigenvalue weighted by molar-refractivity contribution is 5.34. The lowest BCUT2D eigenvalue weighted by atomic mass is 10.4. The van der Waals surface area contributed by atoms with E-state index in [0.717, 1.165) is 6.20 Å². The van der Waals surface area contributed by atoms with Crippen molar-refractivity contribution in [2.45, 2.75) is 6.61 Å². The summed E-state index contributed by atoms with van der Waals surface area (Å²) in [6.45, 7) is -2.93. The maximum atomic E-state index is 11.5. The summed E-state index contributed by atoms with van der Waals surface area (Å²) >= 11 is 0. The molecule has 58 valence electrons. The van der Waals surface area contributed by atoms with Crippen LogP contribution in [0.5, 0.6) is 5.75 Å². The molecular weight excluding hydrogens is 156 g/mol. The number of rotatable bonds is 2. The Morgan fingerprint density at radius 2 is 2.45 bits per heavy atom. The molecule has 0 aliphatic heterocycles. The van der Waals surface area contributed by atoms with Crippen LogP contribution < -0.4 is 4.74 Å². The van der Waals surface area contributed by atoms with Gasteiger partial charge in [-0.05, 0) is 0 Å². The lowest BCUT2D eigenvalue weighted by Crippen LogP contribution is -2.02. The van der Waals surface area contributed by atoms with Crippen LogP contribution in [0.15, 0.2) is 6.20 Å². The fraction of sp³-hybridized carbons (Fsp3) is 0.200. The lowest BCUT2D eigenvalue weighted by molar-refractivity contribution is -0.0500. The summed E-state index contributed by atoms with van der Waals surface area (Å²) < 4.78 is 27.0. The smallest absolute Gasteiger partial charge is 0.387 e. The Kier molecular flexibility index (Phi) is 2.01. The lowest BCUT2D eigenvalue weighted by Gasteiger charge is -1.98. The molecule has 11 heavy (non-hydrogen) atoms. The van der Waals surface area contributed by atoms with E-state index in [-0.39, 0.29) is 11.4 Å². The molecule has 1 aromatic rings. The van der Waals surface area contributed by atoms with Crippen LogP contribution in [-0.4, -0.2) is 16.8 Å². The van der Waals surface area contributed by atoms with Crippen LogP contribution in [0.2, 0.25) is 0 Å². The molecule has 4 nitrogen and oxygen atoms in total. The Balaban J connectivity index is 2.79. The van der Waals surface area contributed by atoms with Gasteiger partial charge >= 0.3 is 6.61 Å². The summed E-state index contributed by atoms with van der Waals surface area (Å²) in [6.07, 6.45) is 1.02. The van der Waals surface area contributed by atoms with E-state index >= 15 is 0 Å². The SMILES string of the molecule is N#Cc1[nH]ncc1OC(F)F. The van der Waals surface area contributed by atoms with Crippen molar-refractivity contribution in [3.8, 4) is 11.8 Å². The maximum absolute atomic E-state index is 11.5. The summed E-state index contributed by atoms with van der Waals surface area (Å²) in [5, 5.41) is 13.8.